The maximum atomic E-state index is 13.6. The van der Waals surface area contributed by atoms with E-state index in [0.717, 1.165) is 16.1 Å². The van der Waals surface area contributed by atoms with Crippen LogP contribution in [0, 0.1) is 12.7 Å². The summed E-state index contributed by atoms with van der Waals surface area (Å²) < 4.78 is 13.6. The van der Waals surface area contributed by atoms with Crippen LogP contribution in [0.4, 0.5) is 4.39 Å². The van der Waals surface area contributed by atoms with Gasteiger partial charge in [0.15, 0.2) is 0 Å². The van der Waals surface area contributed by atoms with Crippen molar-refractivity contribution in [1.82, 2.24) is 0 Å². The summed E-state index contributed by atoms with van der Waals surface area (Å²) in [6.07, 6.45) is 0.620. The predicted molar refractivity (Wildman–Crippen MR) is 78.0 cm³/mol. The van der Waals surface area contributed by atoms with Gasteiger partial charge in [0.05, 0.1) is 0 Å². The van der Waals surface area contributed by atoms with Crippen LogP contribution in [-0.4, -0.2) is 0 Å². The monoisotopic (exact) mass is 326 g/mol. The third kappa shape index (κ3) is 3.12. The Hall–Kier alpha value is -0.860. The standard InChI is InChI=1S/C15H13BrClF/c1-10-8-12(17)6-7-13(10)14(16)9-11-4-2-3-5-15(11)18/h2-8,14H,9H2,1H3. The number of hydrogen-bond acceptors (Lipinski definition) is 0. The molecule has 2 aromatic carbocycles. The summed E-state index contributed by atoms with van der Waals surface area (Å²) >= 11 is 9.55. The third-order valence-corrected chi connectivity index (χ3v) is 3.98. The number of rotatable bonds is 3. The molecule has 0 radical (unpaired) electrons. The van der Waals surface area contributed by atoms with Crippen LogP contribution in [0.5, 0.6) is 0 Å². The van der Waals surface area contributed by atoms with Gasteiger partial charge in [-0.3, -0.25) is 0 Å². The minimum absolute atomic E-state index is 0.0895. The van der Waals surface area contributed by atoms with E-state index in [1.807, 2.05) is 37.3 Å². The minimum atomic E-state index is -0.159. The fraction of sp³-hybridized carbons (Fsp3) is 0.200. The zero-order chi connectivity index (χ0) is 13.1. The highest BCUT2D eigenvalue weighted by atomic mass is 79.9. The molecule has 94 valence electrons. The second kappa shape index (κ2) is 5.85. The summed E-state index contributed by atoms with van der Waals surface area (Å²) in [5.74, 6) is -0.159. The molecular weight excluding hydrogens is 315 g/mol. The van der Waals surface area contributed by atoms with Crippen molar-refractivity contribution in [3.05, 3.63) is 70.0 Å². The molecule has 1 unspecified atom stereocenters. The zero-order valence-electron chi connectivity index (χ0n) is 9.96. The molecule has 2 aromatic rings. The molecule has 0 saturated heterocycles. The lowest BCUT2D eigenvalue weighted by Gasteiger charge is -2.14. The summed E-state index contributed by atoms with van der Waals surface area (Å²) in [5, 5.41) is 0.724. The SMILES string of the molecule is Cc1cc(Cl)ccc1C(Br)Cc1ccccc1F. The van der Waals surface area contributed by atoms with Crippen molar-refractivity contribution in [2.24, 2.45) is 0 Å². The first-order chi connectivity index (χ1) is 8.58. The molecule has 0 nitrogen and oxygen atoms in total. The average molecular weight is 328 g/mol. The zero-order valence-corrected chi connectivity index (χ0v) is 12.3. The number of hydrogen-bond donors (Lipinski definition) is 0. The van der Waals surface area contributed by atoms with E-state index in [9.17, 15) is 4.39 Å². The van der Waals surface area contributed by atoms with Crippen LogP contribution < -0.4 is 0 Å². The summed E-state index contributed by atoms with van der Waals surface area (Å²) in [6.45, 7) is 2.01. The van der Waals surface area contributed by atoms with E-state index in [0.29, 0.717) is 12.0 Å². The van der Waals surface area contributed by atoms with Crippen molar-refractivity contribution >= 4 is 27.5 Å². The largest absolute Gasteiger partial charge is 0.207 e. The van der Waals surface area contributed by atoms with Crippen LogP contribution in [0.25, 0.3) is 0 Å². The highest BCUT2D eigenvalue weighted by Gasteiger charge is 2.13. The Morgan fingerprint density at radius 1 is 1.22 bits per heavy atom. The highest BCUT2D eigenvalue weighted by Crippen LogP contribution is 2.31. The maximum absolute atomic E-state index is 13.6. The lowest BCUT2D eigenvalue weighted by atomic mass is 10.0. The van der Waals surface area contributed by atoms with Gasteiger partial charge >= 0.3 is 0 Å². The van der Waals surface area contributed by atoms with Gasteiger partial charge in [-0.2, -0.15) is 0 Å². The van der Waals surface area contributed by atoms with Crippen molar-refractivity contribution in [3.8, 4) is 0 Å². The maximum Gasteiger partial charge on any atom is 0.126 e. The summed E-state index contributed by atoms with van der Waals surface area (Å²) in [4.78, 5) is 0.0895. The first-order valence-electron chi connectivity index (χ1n) is 5.71. The van der Waals surface area contributed by atoms with E-state index < -0.39 is 0 Å². The second-order valence-electron chi connectivity index (χ2n) is 4.26. The first-order valence-corrected chi connectivity index (χ1v) is 7.01. The Morgan fingerprint density at radius 3 is 2.61 bits per heavy atom. The number of halogens is 3. The van der Waals surface area contributed by atoms with Gasteiger partial charge < -0.3 is 0 Å². The molecule has 0 amide bonds. The summed E-state index contributed by atoms with van der Waals surface area (Å²) in [6, 6.07) is 12.6. The average Bonchev–Trinajstić information content (AvgIpc) is 2.32. The van der Waals surface area contributed by atoms with Gasteiger partial charge in [0, 0.05) is 9.85 Å². The van der Waals surface area contributed by atoms with E-state index in [1.54, 1.807) is 6.07 Å². The topological polar surface area (TPSA) is 0 Å². The van der Waals surface area contributed by atoms with E-state index in [2.05, 4.69) is 15.9 Å². The first kappa shape index (κ1) is 13.6. The van der Waals surface area contributed by atoms with Crippen LogP contribution in [0.15, 0.2) is 42.5 Å². The summed E-state index contributed by atoms with van der Waals surface area (Å²) in [5.41, 5.74) is 2.97. The Morgan fingerprint density at radius 2 is 1.94 bits per heavy atom. The second-order valence-corrected chi connectivity index (χ2v) is 5.81. The van der Waals surface area contributed by atoms with Crippen molar-refractivity contribution in [2.45, 2.75) is 18.2 Å². The molecular formula is C15H13BrClF. The Bertz CT molecular complexity index is 554. The lowest BCUT2D eigenvalue weighted by molar-refractivity contribution is 0.608. The van der Waals surface area contributed by atoms with E-state index in [1.165, 1.54) is 6.07 Å². The van der Waals surface area contributed by atoms with Crippen molar-refractivity contribution in [2.75, 3.05) is 0 Å². The molecule has 0 aromatic heterocycles. The fourth-order valence-corrected chi connectivity index (χ4v) is 3.05. The van der Waals surface area contributed by atoms with Crippen LogP contribution in [0.2, 0.25) is 5.02 Å². The molecule has 1 atom stereocenters. The molecule has 18 heavy (non-hydrogen) atoms. The number of aryl methyl sites for hydroxylation is 1. The van der Waals surface area contributed by atoms with E-state index in [-0.39, 0.29) is 10.6 Å². The van der Waals surface area contributed by atoms with Gasteiger partial charge in [-0.05, 0) is 48.2 Å². The Kier molecular flexibility index (Phi) is 4.41. The smallest absolute Gasteiger partial charge is 0.126 e. The molecule has 0 spiro atoms. The van der Waals surface area contributed by atoms with Crippen LogP contribution in [0.1, 0.15) is 21.5 Å². The fourth-order valence-electron chi connectivity index (χ4n) is 1.96. The Balaban J connectivity index is 2.22. The van der Waals surface area contributed by atoms with Gasteiger partial charge in [0.2, 0.25) is 0 Å². The van der Waals surface area contributed by atoms with Crippen molar-refractivity contribution in [3.63, 3.8) is 0 Å². The summed E-state index contributed by atoms with van der Waals surface area (Å²) in [7, 11) is 0. The molecule has 0 aliphatic heterocycles. The van der Waals surface area contributed by atoms with Gasteiger partial charge in [-0.1, -0.05) is 51.8 Å². The predicted octanol–water partition coefficient (Wildman–Crippen LogP) is 5.47. The van der Waals surface area contributed by atoms with Crippen LogP contribution >= 0.6 is 27.5 Å². The minimum Gasteiger partial charge on any atom is -0.207 e. The molecule has 2 rings (SSSR count). The highest BCUT2D eigenvalue weighted by molar-refractivity contribution is 9.09. The van der Waals surface area contributed by atoms with Crippen LogP contribution in [0.3, 0.4) is 0 Å². The number of alkyl halides is 1. The number of benzene rings is 2. The molecule has 3 heteroatoms. The van der Waals surface area contributed by atoms with Gasteiger partial charge in [0.25, 0.3) is 0 Å². The van der Waals surface area contributed by atoms with Gasteiger partial charge in [0.1, 0.15) is 5.82 Å². The van der Waals surface area contributed by atoms with E-state index in [4.69, 9.17) is 11.6 Å². The van der Waals surface area contributed by atoms with Crippen molar-refractivity contribution < 1.29 is 4.39 Å². The molecule has 0 fully saturated rings. The molecule has 0 heterocycles. The molecule has 0 aliphatic rings. The molecule has 0 aliphatic carbocycles. The normalized spacial score (nSPS) is 12.4. The molecule has 0 saturated carbocycles. The van der Waals surface area contributed by atoms with Crippen LogP contribution in [-0.2, 0) is 6.42 Å². The van der Waals surface area contributed by atoms with E-state index >= 15 is 0 Å². The molecule has 0 N–H and O–H groups in total. The quantitative estimate of drug-likeness (QED) is 0.656. The molecule has 0 bridgehead atoms. The lowest BCUT2D eigenvalue weighted by Crippen LogP contribution is -2.00. The Labute approximate surface area is 120 Å². The third-order valence-electron chi connectivity index (χ3n) is 2.93. The van der Waals surface area contributed by atoms with Gasteiger partial charge in [-0.25, -0.2) is 4.39 Å². The van der Waals surface area contributed by atoms with Gasteiger partial charge in [-0.15, -0.1) is 0 Å². The van der Waals surface area contributed by atoms with Crippen molar-refractivity contribution in [1.29, 1.82) is 0 Å².